The number of halogens is 2. The smallest absolute Gasteiger partial charge is 0.255 e. The number of amides is 1. The van der Waals surface area contributed by atoms with Crippen molar-refractivity contribution < 1.29 is 14.3 Å². The topological polar surface area (TPSA) is 49.3 Å². The molecule has 1 aliphatic carbocycles. The van der Waals surface area contributed by atoms with E-state index in [4.69, 9.17) is 16.7 Å². The van der Waals surface area contributed by atoms with Crippen molar-refractivity contribution in [3.8, 4) is 0 Å². The fourth-order valence-electron chi connectivity index (χ4n) is 1.91. The van der Waals surface area contributed by atoms with E-state index in [1.165, 1.54) is 18.2 Å². The number of aliphatic hydroxyl groups excluding tert-OH is 1. The van der Waals surface area contributed by atoms with Gasteiger partial charge < -0.3 is 10.4 Å². The number of hydrogen-bond acceptors (Lipinski definition) is 2. The van der Waals surface area contributed by atoms with E-state index in [0.717, 1.165) is 0 Å². The van der Waals surface area contributed by atoms with Crippen LogP contribution in [0.3, 0.4) is 0 Å². The van der Waals surface area contributed by atoms with Crippen molar-refractivity contribution in [1.82, 2.24) is 5.32 Å². The normalized spacial score (nSPS) is 23.0. The monoisotopic (exact) mass is 257 g/mol. The lowest BCUT2D eigenvalue weighted by atomic mass is 9.82. The minimum Gasteiger partial charge on any atom is -0.393 e. The van der Waals surface area contributed by atoms with Gasteiger partial charge in [-0.1, -0.05) is 17.7 Å². The van der Waals surface area contributed by atoms with Gasteiger partial charge >= 0.3 is 0 Å². The van der Waals surface area contributed by atoms with Crippen LogP contribution in [0.4, 0.5) is 4.39 Å². The molecule has 1 aromatic rings. The summed E-state index contributed by atoms with van der Waals surface area (Å²) in [6.07, 6.45) is 1.12. The summed E-state index contributed by atoms with van der Waals surface area (Å²) >= 11 is 5.77. The lowest BCUT2D eigenvalue weighted by Gasteiger charge is -2.31. The predicted molar refractivity (Wildman–Crippen MR) is 62.5 cm³/mol. The number of rotatable bonds is 3. The van der Waals surface area contributed by atoms with Gasteiger partial charge in [0.05, 0.1) is 16.7 Å². The van der Waals surface area contributed by atoms with Crippen LogP contribution in [0.15, 0.2) is 18.2 Å². The zero-order valence-corrected chi connectivity index (χ0v) is 9.88. The molecule has 1 aromatic carbocycles. The van der Waals surface area contributed by atoms with Crippen LogP contribution in [0.25, 0.3) is 0 Å². The molecule has 1 aliphatic rings. The third-order valence-corrected chi connectivity index (χ3v) is 3.27. The van der Waals surface area contributed by atoms with Crippen molar-refractivity contribution >= 4 is 17.5 Å². The molecule has 3 nitrogen and oxygen atoms in total. The van der Waals surface area contributed by atoms with Crippen molar-refractivity contribution in [2.75, 3.05) is 6.54 Å². The molecule has 92 valence electrons. The molecule has 0 spiro atoms. The zero-order valence-electron chi connectivity index (χ0n) is 9.12. The predicted octanol–water partition coefficient (Wildman–Crippen LogP) is 1.98. The number of benzene rings is 1. The largest absolute Gasteiger partial charge is 0.393 e. The molecule has 0 aromatic heterocycles. The SMILES string of the molecule is O=C(NCC1CC(O)C1)c1c(F)cccc1Cl. The van der Waals surface area contributed by atoms with E-state index in [9.17, 15) is 9.18 Å². The summed E-state index contributed by atoms with van der Waals surface area (Å²) < 4.78 is 13.4. The summed E-state index contributed by atoms with van der Waals surface area (Å²) in [6.45, 7) is 0.445. The second-order valence-corrected chi connectivity index (χ2v) is 4.71. The Morgan fingerprint density at radius 2 is 2.24 bits per heavy atom. The fourth-order valence-corrected chi connectivity index (χ4v) is 2.16. The minimum absolute atomic E-state index is 0.108. The first-order valence-corrected chi connectivity index (χ1v) is 5.86. The van der Waals surface area contributed by atoms with Crippen molar-refractivity contribution in [3.63, 3.8) is 0 Å². The van der Waals surface area contributed by atoms with Crippen molar-refractivity contribution in [2.45, 2.75) is 18.9 Å². The van der Waals surface area contributed by atoms with Crippen LogP contribution in [0.1, 0.15) is 23.2 Å². The Morgan fingerprint density at radius 1 is 1.53 bits per heavy atom. The van der Waals surface area contributed by atoms with Crippen LogP contribution >= 0.6 is 11.6 Å². The molecule has 1 amide bonds. The van der Waals surface area contributed by atoms with Crippen LogP contribution in [0, 0.1) is 11.7 Å². The molecule has 0 atom stereocenters. The van der Waals surface area contributed by atoms with Gasteiger partial charge in [0.1, 0.15) is 5.82 Å². The van der Waals surface area contributed by atoms with E-state index in [-0.39, 0.29) is 22.6 Å². The first-order chi connectivity index (χ1) is 8.08. The van der Waals surface area contributed by atoms with Gasteiger partial charge in [0, 0.05) is 6.54 Å². The second kappa shape index (κ2) is 5.02. The molecule has 2 N–H and O–H groups in total. The molecule has 2 rings (SSSR count). The molecule has 0 saturated heterocycles. The van der Waals surface area contributed by atoms with E-state index >= 15 is 0 Å². The standard InChI is InChI=1S/C12H13ClFNO2/c13-9-2-1-3-10(14)11(9)12(17)15-6-7-4-8(16)5-7/h1-3,7-8,16H,4-6H2,(H,15,17). The van der Waals surface area contributed by atoms with Crippen LogP contribution in [-0.4, -0.2) is 23.7 Å². The summed E-state index contributed by atoms with van der Waals surface area (Å²) in [5.74, 6) is -0.849. The van der Waals surface area contributed by atoms with Gasteiger partial charge in [0.2, 0.25) is 0 Å². The molecular formula is C12H13ClFNO2. The number of hydrogen-bond donors (Lipinski definition) is 2. The van der Waals surface area contributed by atoms with E-state index in [1.807, 2.05) is 0 Å². The molecular weight excluding hydrogens is 245 g/mol. The third kappa shape index (κ3) is 2.76. The number of carbonyl (C=O) groups is 1. The number of carbonyl (C=O) groups excluding carboxylic acids is 1. The van der Waals surface area contributed by atoms with Gasteiger partial charge in [-0.25, -0.2) is 4.39 Å². The van der Waals surface area contributed by atoms with Crippen molar-refractivity contribution in [1.29, 1.82) is 0 Å². The van der Waals surface area contributed by atoms with Gasteiger partial charge in [0.15, 0.2) is 0 Å². The van der Waals surface area contributed by atoms with Crippen LogP contribution in [0.2, 0.25) is 5.02 Å². The summed E-state index contributed by atoms with van der Waals surface area (Å²) in [6, 6.07) is 4.14. The summed E-state index contributed by atoms with van der Waals surface area (Å²) in [5, 5.41) is 11.8. The first-order valence-electron chi connectivity index (χ1n) is 5.48. The van der Waals surface area contributed by atoms with Crippen LogP contribution < -0.4 is 5.32 Å². The highest BCUT2D eigenvalue weighted by molar-refractivity contribution is 6.33. The summed E-state index contributed by atoms with van der Waals surface area (Å²) in [5.41, 5.74) is -0.117. The van der Waals surface area contributed by atoms with Crippen molar-refractivity contribution in [2.24, 2.45) is 5.92 Å². The highest BCUT2D eigenvalue weighted by Gasteiger charge is 2.27. The highest BCUT2D eigenvalue weighted by atomic mass is 35.5. The Hall–Kier alpha value is -1.13. The van der Waals surface area contributed by atoms with Gasteiger partial charge in [0.25, 0.3) is 5.91 Å². The molecule has 1 saturated carbocycles. The van der Waals surface area contributed by atoms with Gasteiger partial charge in [-0.2, -0.15) is 0 Å². The maximum Gasteiger partial charge on any atom is 0.255 e. The Kier molecular flexibility index (Phi) is 3.64. The minimum atomic E-state index is -0.622. The first kappa shape index (κ1) is 12.3. The Labute approximate surface area is 104 Å². The lowest BCUT2D eigenvalue weighted by Crippen LogP contribution is -2.38. The van der Waals surface area contributed by atoms with Crippen molar-refractivity contribution in [3.05, 3.63) is 34.6 Å². The number of nitrogens with one attached hydrogen (secondary N) is 1. The number of aliphatic hydroxyl groups is 1. The van der Waals surface area contributed by atoms with Gasteiger partial charge in [-0.05, 0) is 30.9 Å². The molecule has 0 aliphatic heterocycles. The van der Waals surface area contributed by atoms with E-state index in [1.54, 1.807) is 0 Å². The van der Waals surface area contributed by atoms with E-state index < -0.39 is 11.7 Å². The Bertz CT molecular complexity index is 412. The fraction of sp³-hybridized carbons (Fsp3) is 0.417. The van der Waals surface area contributed by atoms with Crippen LogP contribution in [-0.2, 0) is 0 Å². The molecule has 0 radical (unpaired) electrons. The lowest BCUT2D eigenvalue weighted by molar-refractivity contribution is 0.0420. The maximum absolute atomic E-state index is 13.4. The zero-order chi connectivity index (χ0) is 12.4. The van der Waals surface area contributed by atoms with Gasteiger partial charge in [-0.15, -0.1) is 0 Å². The molecule has 1 fully saturated rings. The molecule has 0 bridgehead atoms. The second-order valence-electron chi connectivity index (χ2n) is 4.30. The highest BCUT2D eigenvalue weighted by Crippen LogP contribution is 2.26. The summed E-state index contributed by atoms with van der Waals surface area (Å²) in [7, 11) is 0. The maximum atomic E-state index is 13.4. The molecule has 5 heteroatoms. The van der Waals surface area contributed by atoms with E-state index in [2.05, 4.69) is 5.32 Å². The van der Waals surface area contributed by atoms with Crippen LogP contribution in [0.5, 0.6) is 0 Å². The molecule has 17 heavy (non-hydrogen) atoms. The quantitative estimate of drug-likeness (QED) is 0.870. The van der Waals surface area contributed by atoms with Gasteiger partial charge in [-0.3, -0.25) is 4.79 Å². The van der Waals surface area contributed by atoms with E-state index in [0.29, 0.717) is 19.4 Å². The Morgan fingerprint density at radius 3 is 2.82 bits per heavy atom. The summed E-state index contributed by atoms with van der Waals surface area (Å²) in [4.78, 5) is 11.7. The Balaban J connectivity index is 1.95. The average molecular weight is 258 g/mol. The average Bonchev–Trinajstić information content (AvgIpc) is 2.22. The molecule has 0 unspecified atom stereocenters. The third-order valence-electron chi connectivity index (χ3n) is 2.95. The molecule has 0 heterocycles.